The molecule has 174 valence electrons. The second-order valence-corrected chi connectivity index (χ2v) is 7.80. The van der Waals surface area contributed by atoms with Crippen LogP contribution in [0, 0.1) is 11.3 Å². The molecule has 0 aliphatic rings. The first kappa shape index (κ1) is 23.5. The molecule has 3 aromatic carbocycles. The summed E-state index contributed by atoms with van der Waals surface area (Å²) in [5.74, 6) is 0.546. The summed E-state index contributed by atoms with van der Waals surface area (Å²) in [5, 5.41) is 13.2. The van der Waals surface area contributed by atoms with Crippen molar-refractivity contribution >= 4 is 45.7 Å². The molecule has 4 aromatic rings. The number of aromatic nitrogens is 2. The topological polar surface area (TPSA) is 117 Å². The largest absolute Gasteiger partial charge is 0.493 e. The number of nitrogens with one attached hydrogen (secondary N) is 2. The number of aromatic amines is 1. The van der Waals surface area contributed by atoms with Crippen molar-refractivity contribution in [2.45, 2.75) is 0 Å². The predicted octanol–water partition coefficient (Wildman–Crippen LogP) is 4.67. The van der Waals surface area contributed by atoms with Crippen molar-refractivity contribution in [1.82, 2.24) is 9.97 Å². The molecule has 0 bridgehead atoms. The van der Waals surface area contributed by atoms with Gasteiger partial charge in [0.1, 0.15) is 6.07 Å². The van der Waals surface area contributed by atoms with Crippen molar-refractivity contribution in [2.24, 2.45) is 0 Å². The first-order chi connectivity index (χ1) is 17.0. The summed E-state index contributed by atoms with van der Waals surface area (Å²) in [6.45, 7) is -0.212. The van der Waals surface area contributed by atoms with E-state index in [1.54, 1.807) is 48.5 Å². The van der Waals surface area contributed by atoms with Gasteiger partial charge in [-0.15, -0.1) is 0 Å². The number of ether oxygens (including phenoxy) is 2. The Morgan fingerprint density at radius 1 is 1.14 bits per heavy atom. The first-order valence-electron chi connectivity index (χ1n) is 10.4. The lowest BCUT2D eigenvalue weighted by Gasteiger charge is -2.12. The Bertz CT molecular complexity index is 1520. The summed E-state index contributed by atoms with van der Waals surface area (Å²) in [7, 11) is 1.47. The van der Waals surface area contributed by atoms with E-state index >= 15 is 0 Å². The molecular formula is C26H19ClN4O4. The fraction of sp³-hybridized carbons (Fsp3) is 0.0769. The Kier molecular flexibility index (Phi) is 7.10. The number of para-hydroxylation sites is 1. The molecule has 1 aromatic heterocycles. The number of nitrogens with zero attached hydrogens (tertiary/aromatic N) is 2. The van der Waals surface area contributed by atoms with Crippen LogP contribution < -0.4 is 20.3 Å². The van der Waals surface area contributed by atoms with Crippen LogP contribution in [0.15, 0.2) is 71.5 Å². The standard InChI is InChI=1S/C26H19ClN4O4/c1-34-23-12-16(7-10-22(23)35-15-24(32)29-19-5-3-2-4-6-19)11-17(14-28)25-30-21-9-8-18(27)13-20(21)26(33)31-25/h2-13H,15H2,1H3,(H,29,32)(H,30,31,33)/b17-11+. The zero-order chi connectivity index (χ0) is 24.8. The van der Waals surface area contributed by atoms with Gasteiger partial charge in [-0.1, -0.05) is 35.9 Å². The molecule has 0 aliphatic heterocycles. The quantitative estimate of drug-likeness (QED) is 0.367. The highest BCUT2D eigenvalue weighted by molar-refractivity contribution is 6.31. The van der Waals surface area contributed by atoms with Crippen molar-refractivity contribution in [3.05, 3.63) is 93.5 Å². The van der Waals surface area contributed by atoms with E-state index in [1.807, 2.05) is 18.2 Å². The van der Waals surface area contributed by atoms with E-state index in [-0.39, 0.29) is 23.9 Å². The molecule has 1 amide bonds. The summed E-state index contributed by atoms with van der Waals surface area (Å²) in [6.07, 6.45) is 1.56. The second kappa shape index (κ2) is 10.5. The number of allylic oxidation sites excluding steroid dienone is 1. The number of anilines is 1. The zero-order valence-electron chi connectivity index (χ0n) is 18.5. The summed E-state index contributed by atoms with van der Waals surface area (Å²) < 4.78 is 11.0. The number of halogens is 1. The molecule has 0 atom stereocenters. The average Bonchev–Trinajstić information content (AvgIpc) is 2.87. The van der Waals surface area contributed by atoms with Crippen LogP contribution in [-0.4, -0.2) is 29.6 Å². The SMILES string of the molecule is COc1cc(/C=C(\C#N)c2nc3ccc(Cl)cc3c(=O)[nH]2)ccc1OCC(=O)Nc1ccccc1. The van der Waals surface area contributed by atoms with Gasteiger partial charge in [0.15, 0.2) is 23.9 Å². The molecule has 4 rings (SSSR count). The van der Waals surface area contributed by atoms with Crippen molar-refractivity contribution in [1.29, 1.82) is 5.26 Å². The first-order valence-corrected chi connectivity index (χ1v) is 10.8. The molecular weight excluding hydrogens is 468 g/mol. The molecule has 0 saturated heterocycles. The zero-order valence-corrected chi connectivity index (χ0v) is 19.3. The Labute approximate surface area is 205 Å². The lowest BCUT2D eigenvalue weighted by Crippen LogP contribution is -2.20. The predicted molar refractivity (Wildman–Crippen MR) is 134 cm³/mol. The monoisotopic (exact) mass is 486 g/mol. The van der Waals surface area contributed by atoms with Gasteiger partial charge < -0.3 is 19.8 Å². The van der Waals surface area contributed by atoms with E-state index in [1.165, 1.54) is 13.2 Å². The van der Waals surface area contributed by atoms with Crippen LogP contribution in [0.2, 0.25) is 5.02 Å². The Balaban J connectivity index is 1.55. The Morgan fingerprint density at radius 3 is 2.69 bits per heavy atom. The number of hydrogen-bond donors (Lipinski definition) is 2. The van der Waals surface area contributed by atoms with Crippen molar-refractivity contribution in [2.75, 3.05) is 19.0 Å². The molecule has 0 spiro atoms. The molecule has 0 unspecified atom stereocenters. The van der Waals surface area contributed by atoms with Crippen LogP contribution >= 0.6 is 11.6 Å². The van der Waals surface area contributed by atoms with Gasteiger partial charge in [0.05, 0.1) is 23.6 Å². The van der Waals surface area contributed by atoms with Crippen molar-refractivity contribution in [3.63, 3.8) is 0 Å². The third-order valence-corrected chi connectivity index (χ3v) is 5.19. The van der Waals surface area contributed by atoms with E-state index in [0.29, 0.717) is 38.7 Å². The van der Waals surface area contributed by atoms with Gasteiger partial charge in [-0.05, 0) is 54.1 Å². The van der Waals surface area contributed by atoms with Crippen LogP contribution in [-0.2, 0) is 4.79 Å². The van der Waals surface area contributed by atoms with E-state index in [9.17, 15) is 14.9 Å². The third kappa shape index (κ3) is 5.66. The lowest BCUT2D eigenvalue weighted by molar-refractivity contribution is -0.118. The Morgan fingerprint density at radius 2 is 1.94 bits per heavy atom. The molecule has 2 N–H and O–H groups in total. The number of carbonyl (C=O) groups excluding carboxylic acids is 1. The number of nitriles is 1. The minimum atomic E-state index is -0.399. The maximum Gasteiger partial charge on any atom is 0.262 e. The van der Waals surface area contributed by atoms with Gasteiger partial charge in [0.2, 0.25) is 0 Å². The Hall–Kier alpha value is -4.61. The maximum atomic E-state index is 12.5. The number of hydrogen-bond acceptors (Lipinski definition) is 6. The number of benzene rings is 3. The molecule has 0 aliphatic carbocycles. The maximum absolute atomic E-state index is 12.5. The van der Waals surface area contributed by atoms with E-state index in [2.05, 4.69) is 21.4 Å². The number of methoxy groups -OCH3 is 1. The molecule has 0 fully saturated rings. The van der Waals surface area contributed by atoms with Crippen LogP contribution in [0.1, 0.15) is 11.4 Å². The second-order valence-electron chi connectivity index (χ2n) is 7.36. The van der Waals surface area contributed by atoms with Gasteiger partial charge >= 0.3 is 0 Å². The number of rotatable bonds is 7. The van der Waals surface area contributed by atoms with Gasteiger partial charge in [-0.2, -0.15) is 5.26 Å². The van der Waals surface area contributed by atoms with E-state index in [0.717, 1.165) is 0 Å². The molecule has 35 heavy (non-hydrogen) atoms. The number of fused-ring (bicyclic) bond motifs is 1. The molecule has 0 saturated carbocycles. The third-order valence-electron chi connectivity index (χ3n) is 4.96. The molecule has 9 heteroatoms. The van der Waals surface area contributed by atoms with Crippen LogP contribution in [0.5, 0.6) is 11.5 Å². The average molecular weight is 487 g/mol. The number of H-pyrrole nitrogens is 1. The van der Waals surface area contributed by atoms with E-state index < -0.39 is 5.56 Å². The fourth-order valence-electron chi connectivity index (χ4n) is 3.31. The smallest absolute Gasteiger partial charge is 0.262 e. The highest BCUT2D eigenvalue weighted by atomic mass is 35.5. The molecule has 0 radical (unpaired) electrons. The van der Waals surface area contributed by atoms with E-state index in [4.69, 9.17) is 21.1 Å². The van der Waals surface area contributed by atoms with Gasteiger partial charge in [0, 0.05) is 10.7 Å². The number of amides is 1. The lowest BCUT2D eigenvalue weighted by atomic mass is 10.1. The summed E-state index contributed by atoms with van der Waals surface area (Å²) in [5.41, 5.74) is 1.45. The van der Waals surface area contributed by atoms with Gasteiger partial charge in [0.25, 0.3) is 11.5 Å². The highest BCUT2D eigenvalue weighted by Crippen LogP contribution is 2.29. The summed E-state index contributed by atoms with van der Waals surface area (Å²) >= 11 is 5.96. The van der Waals surface area contributed by atoms with Gasteiger partial charge in [-0.25, -0.2) is 4.98 Å². The minimum Gasteiger partial charge on any atom is -0.493 e. The van der Waals surface area contributed by atoms with Crippen LogP contribution in [0.3, 0.4) is 0 Å². The summed E-state index contributed by atoms with van der Waals surface area (Å²) in [4.78, 5) is 31.6. The minimum absolute atomic E-state index is 0.129. The highest BCUT2D eigenvalue weighted by Gasteiger charge is 2.12. The van der Waals surface area contributed by atoms with Gasteiger partial charge in [-0.3, -0.25) is 9.59 Å². The fourth-order valence-corrected chi connectivity index (χ4v) is 3.49. The number of carbonyl (C=O) groups is 1. The molecule has 8 nitrogen and oxygen atoms in total. The summed E-state index contributed by atoms with van der Waals surface area (Å²) in [6, 6.07) is 20.9. The molecule has 1 heterocycles. The van der Waals surface area contributed by atoms with Crippen LogP contribution in [0.4, 0.5) is 5.69 Å². The van der Waals surface area contributed by atoms with Crippen molar-refractivity contribution < 1.29 is 14.3 Å². The normalized spacial score (nSPS) is 11.1. The van der Waals surface area contributed by atoms with Crippen molar-refractivity contribution in [3.8, 4) is 17.6 Å². The van der Waals surface area contributed by atoms with Crippen LogP contribution in [0.25, 0.3) is 22.6 Å².